The van der Waals surface area contributed by atoms with Gasteiger partial charge in [-0.2, -0.15) is 0 Å². The fraction of sp³-hybridized carbons (Fsp3) is 0.400. The van der Waals surface area contributed by atoms with Crippen LogP contribution in [-0.2, 0) is 4.74 Å². The second kappa shape index (κ2) is 4.60. The standard InChI is InChI=1S/C10H13NO3/c1-4-14-10(12)8-5-9(13-3)7(2)6-11-8/h5-6H,4H2,1-3H3. The van der Waals surface area contributed by atoms with Crippen molar-refractivity contribution < 1.29 is 14.3 Å². The first-order valence-corrected chi connectivity index (χ1v) is 4.36. The minimum atomic E-state index is -0.425. The Morgan fingerprint density at radius 1 is 1.57 bits per heavy atom. The maximum atomic E-state index is 11.3. The number of carbonyl (C=O) groups excluding carboxylic acids is 1. The highest BCUT2D eigenvalue weighted by Crippen LogP contribution is 2.17. The Hall–Kier alpha value is -1.58. The van der Waals surface area contributed by atoms with E-state index in [1.807, 2.05) is 6.92 Å². The third-order valence-electron chi connectivity index (χ3n) is 1.76. The lowest BCUT2D eigenvalue weighted by molar-refractivity contribution is 0.0519. The summed E-state index contributed by atoms with van der Waals surface area (Å²) in [6, 6.07) is 1.58. The number of rotatable bonds is 3. The average Bonchev–Trinajstić information content (AvgIpc) is 2.19. The van der Waals surface area contributed by atoms with Crippen molar-refractivity contribution in [3.8, 4) is 5.75 Å². The third kappa shape index (κ3) is 2.22. The van der Waals surface area contributed by atoms with E-state index in [1.54, 1.807) is 26.3 Å². The second-order valence-corrected chi connectivity index (χ2v) is 2.76. The van der Waals surface area contributed by atoms with Gasteiger partial charge >= 0.3 is 5.97 Å². The average molecular weight is 195 g/mol. The molecule has 0 atom stereocenters. The van der Waals surface area contributed by atoms with Crippen LogP contribution in [-0.4, -0.2) is 24.7 Å². The molecule has 0 aliphatic heterocycles. The molecule has 0 saturated carbocycles. The van der Waals surface area contributed by atoms with Crippen LogP contribution >= 0.6 is 0 Å². The molecule has 1 aromatic heterocycles. The molecule has 0 spiro atoms. The highest BCUT2D eigenvalue weighted by Gasteiger charge is 2.10. The summed E-state index contributed by atoms with van der Waals surface area (Å²) >= 11 is 0. The van der Waals surface area contributed by atoms with Crippen molar-refractivity contribution >= 4 is 5.97 Å². The Labute approximate surface area is 82.9 Å². The van der Waals surface area contributed by atoms with Gasteiger partial charge in [0.25, 0.3) is 0 Å². The quantitative estimate of drug-likeness (QED) is 0.687. The fourth-order valence-electron chi connectivity index (χ4n) is 1.04. The smallest absolute Gasteiger partial charge is 0.357 e. The number of hydrogen-bond acceptors (Lipinski definition) is 4. The minimum Gasteiger partial charge on any atom is -0.496 e. The topological polar surface area (TPSA) is 48.4 Å². The van der Waals surface area contributed by atoms with Gasteiger partial charge in [-0.3, -0.25) is 0 Å². The molecule has 4 nitrogen and oxygen atoms in total. The first kappa shape index (κ1) is 10.5. The molecule has 0 amide bonds. The van der Waals surface area contributed by atoms with Gasteiger partial charge in [0.2, 0.25) is 0 Å². The maximum Gasteiger partial charge on any atom is 0.357 e. The molecular formula is C10H13NO3. The summed E-state index contributed by atoms with van der Waals surface area (Å²) in [5.41, 5.74) is 1.16. The van der Waals surface area contributed by atoms with Gasteiger partial charge in [-0.25, -0.2) is 9.78 Å². The van der Waals surface area contributed by atoms with Gasteiger partial charge in [0.05, 0.1) is 13.7 Å². The van der Waals surface area contributed by atoms with Crippen molar-refractivity contribution in [2.24, 2.45) is 0 Å². The maximum absolute atomic E-state index is 11.3. The van der Waals surface area contributed by atoms with Crippen molar-refractivity contribution in [3.05, 3.63) is 23.5 Å². The van der Waals surface area contributed by atoms with Gasteiger partial charge in [0.1, 0.15) is 5.75 Å². The van der Waals surface area contributed by atoms with Gasteiger partial charge in [-0.15, -0.1) is 0 Å². The normalized spacial score (nSPS) is 9.64. The number of hydrogen-bond donors (Lipinski definition) is 0. The molecule has 0 saturated heterocycles. The SMILES string of the molecule is CCOC(=O)c1cc(OC)c(C)cn1. The van der Waals surface area contributed by atoms with Gasteiger partial charge in [-0.05, 0) is 13.8 Å². The number of methoxy groups -OCH3 is 1. The zero-order chi connectivity index (χ0) is 10.6. The van der Waals surface area contributed by atoms with Crippen LogP contribution in [0.4, 0.5) is 0 Å². The van der Waals surface area contributed by atoms with E-state index < -0.39 is 5.97 Å². The number of carbonyl (C=O) groups is 1. The van der Waals surface area contributed by atoms with E-state index in [4.69, 9.17) is 9.47 Å². The summed E-state index contributed by atoms with van der Waals surface area (Å²) < 4.78 is 9.88. The lowest BCUT2D eigenvalue weighted by Gasteiger charge is -2.05. The number of nitrogens with zero attached hydrogens (tertiary/aromatic N) is 1. The van der Waals surface area contributed by atoms with E-state index in [0.29, 0.717) is 12.4 Å². The Kier molecular flexibility index (Phi) is 3.45. The molecule has 0 aliphatic carbocycles. The molecule has 14 heavy (non-hydrogen) atoms. The van der Waals surface area contributed by atoms with Gasteiger partial charge in [0, 0.05) is 17.8 Å². The molecule has 0 bridgehead atoms. The van der Waals surface area contributed by atoms with Crippen molar-refractivity contribution in [3.63, 3.8) is 0 Å². The van der Waals surface area contributed by atoms with Crippen LogP contribution in [0.1, 0.15) is 23.0 Å². The highest BCUT2D eigenvalue weighted by atomic mass is 16.5. The van der Waals surface area contributed by atoms with Gasteiger partial charge < -0.3 is 9.47 Å². The fourth-order valence-corrected chi connectivity index (χ4v) is 1.04. The van der Waals surface area contributed by atoms with Crippen LogP contribution in [0.3, 0.4) is 0 Å². The number of ether oxygens (including phenoxy) is 2. The Bertz CT molecular complexity index is 336. The predicted molar refractivity (Wildman–Crippen MR) is 51.5 cm³/mol. The molecule has 0 aliphatic rings. The zero-order valence-corrected chi connectivity index (χ0v) is 8.53. The molecule has 0 aromatic carbocycles. The van der Waals surface area contributed by atoms with E-state index >= 15 is 0 Å². The summed E-state index contributed by atoms with van der Waals surface area (Å²) in [4.78, 5) is 15.2. The molecule has 1 heterocycles. The summed E-state index contributed by atoms with van der Waals surface area (Å²) in [6.45, 7) is 3.96. The summed E-state index contributed by atoms with van der Waals surface area (Å²) in [6.07, 6.45) is 1.59. The van der Waals surface area contributed by atoms with E-state index in [2.05, 4.69) is 4.98 Å². The van der Waals surface area contributed by atoms with Gasteiger partial charge in [0.15, 0.2) is 5.69 Å². The Morgan fingerprint density at radius 2 is 2.29 bits per heavy atom. The first-order chi connectivity index (χ1) is 6.69. The van der Waals surface area contributed by atoms with Crippen molar-refractivity contribution in [2.45, 2.75) is 13.8 Å². The highest BCUT2D eigenvalue weighted by molar-refractivity contribution is 5.87. The van der Waals surface area contributed by atoms with Crippen LogP contribution < -0.4 is 4.74 Å². The van der Waals surface area contributed by atoms with Crippen LogP contribution in [0.25, 0.3) is 0 Å². The Morgan fingerprint density at radius 3 is 2.86 bits per heavy atom. The molecule has 0 radical (unpaired) electrons. The molecule has 0 unspecified atom stereocenters. The van der Waals surface area contributed by atoms with Crippen LogP contribution in [0.2, 0.25) is 0 Å². The van der Waals surface area contributed by atoms with E-state index in [0.717, 1.165) is 5.56 Å². The van der Waals surface area contributed by atoms with Crippen molar-refractivity contribution in [1.82, 2.24) is 4.98 Å². The van der Waals surface area contributed by atoms with Crippen LogP contribution in [0.15, 0.2) is 12.3 Å². The number of aromatic nitrogens is 1. The third-order valence-corrected chi connectivity index (χ3v) is 1.76. The van der Waals surface area contributed by atoms with Crippen LogP contribution in [0.5, 0.6) is 5.75 Å². The lowest BCUT2D eigenvalue weighted by atomic mass is 10.2. The zero-order valence-electron chi connectivity index (χ0n) is 8.53. The number of esters is 1. The summed E-state index contributed by atoms with van der Waals surface area (Å²) in [5.74, 6) is 0.217. The summed E-state index contributed by atoms with van der Waals surface area (Å²) in [7, 11) is 1.55. The predicted octanol–water partition coefficient (Wildman–Crippen LogP) is 1.58. The van der Waals surface area contributed by atoms with Crippen LogP contribution in [0, 0.1) is 6.92 Å². The second-order valence-electron chi connectivity index (χ2n) is 2.76. The largest absolute Gasteiger partial charge is 0.496 e. The summed E-state index contributed by atoms with van der Waals surface area (Å²) in [5, 5.41) is 0. The molecule has 1 rings (SSSR count). The first-order valence-electron chi connectivity index (χ1n) is 4.36. The molecule has 0 fully saturated rings. The van der Waals surface area contributed by atoms with Crippen molar-refractivity contribution in [1.29, 1.82) is 0 Å². The van der Waals surface area contributed by atoms with Crippen molar-refractivity contribution in [2.75, 3.05) is 13.7 Å². The lowest BCUT2D eigenvalue weighted by Crippen LogP contribution is -2.07. The van der Waals surface area contributed by atoms with Gasteiger partial charge in [-0.1, -0.05) is 0 Å². The molecule has 1 aromatic rings. The molecular weight excluding hydrogens is 182 g/mol. The number of pyridine rings is 1. The number of aryl methyl sites for hydroxylation is 1. The Balaban J connectivity index is 2.94. The minimum absolute atomic E-state index is 0.273. The van der Waals surface area contributed by atoms with E-state index in [9.17, 15) is 4.79 Å². The monoisotopic (exact) mass is 195 g/mol. The van der Waals surface area contributed by atoms with E-state index in [-0.39, 0.29) is 5.69 Å². The molecule has 4 heteroatoms. The molecule has 0 N–H and O–H groups in total. The molecule has 76 valence electrons. The van der Waals surface area contributed by atoms with E-state index in [1.165, 1.54) is 0 Å².